The van der Waals surface area contributed by atoms with Crippen molar-refractivity contribution in [3.8, 4) is 0 Å². The fraction of sp³-hybridized carbons (Fsp3) is 0.158. The van der Waals surface area contributed by atoms with Crippen LogP contribution in [-0.4, -0.2) is 11.8 Å². The zero-order chi connectivity index (χ0) is 16.4. The molecule has 1 heterocycles. The van der Waals surface area contributed by atoms with Crippen LogP contribution in [0.2, 0.25) is 0 Å². The fourth-order valence-electron chi connectivity index (χ4n) is 2.84. The minimum atomic E-state index is -0.448. The maximum atomic E-state index is 12.9. The van der Waals surface area contributed by atoms with Gasteiger partial charge in [0.25, 0.3) is 0 Å². The summed E-state index contributed by atoms with van der Waals surface area (Å²) in [7, 11) is 0. The fourth-order valence-corrected chi connectivity index (χ4v) is 2.84. The van der Waals surface area contributed by atoms with E-state index < -0.39 is 6.04 Å². The smallest absolute Gasteiger partial charge is 0.319 e. The Kier molecular flexibility index (Phi) is 3.98. The molecule has 1 unspecified atom stereocenters. The quantitative estimate of drug-likeness (QED) is 0.853. The van der Waals surface area contributed by atoms with Gasteiger partial charge in [0, 0.05) is 16.8 Å². The Balaban J connectivity index is 2.08. The Labute approximate surface area is 135 Å². The lowest BCUT2D eigenvalue weighted by Gasteiger charge is -2.29. The van der Waals surface area contributed by atoms with E-state index in [1.54, 1.807) is 19.1 Å². The molecular formula is C19H18N2O2. The molecule has 116 valence electrons. The molecule has 1 aliphatic heterocycles. The second kappa shape index (κ2) is 6.08. The highest BCUT2D eigenvalue weighted by molar-refractivity contribution is 6.11. The largest absolute Gasteiger partial charge is 0.327 e. The normalized spacial score (nSPS) is 17.5. The SMILES string of the molecule is CC1=C(C(=O)c2ccccc2)C(c2cccc(C)c2)NC(=O)N1. The summed E-state index contributed by atoms with van der Waals surface area (Å²) in [6.07, 6.45) is 0. The lowest BCUT2D eigenvalue weighted by atomic mass is 9.89. The number of hydrogen-bond donors (Lipinski definition) is 2. The van der Waals surface area contributed by atoms with Crippen molar-refractivity contribution in [2.45, 2.75) is 19.9 Å². The Hall–Kier alpha value is -2.88. The first-order chi connectivity index (χ1) is 11.1. The van der Waals surface area contributed by atoms with Crippen LogP contribution in [0, 0.1) is 6.92 Å². The van der Waals surface area contributed by atoms with Crippen molar-refractivity contribution in [3.63, 3.8) is 0 Å². The van der Waals surface area contributed by atoms with Crippen LogP contribution in [0.5, 0.6) is 0 Å². The van der Waals surface area contributed by atoms with Gasteiger partial charge in [-0.15, -0.1) is 0 Å². The van der Waals surface area contributed by atoms with Crippen molar-refractivity contribution in [3.05, 3.63) is 82.6 Å². The highest BCUT2D eigenvalue weighted by Crippen LogP contribution is 2.29. The van der Waals surface area contributed by atoms with Gasteiger partial charge in [-0.05, 0) is 19.4 Å². The molecule has 2 amide bonds. The third kappa shape index (κ3) is 3.01. The van der Waals surface area contributed by atoms with Crippen LogP contribution >= 0.6 is 0 Å². The Morgan fingerprint density at radius 3 is 2.43 bits per heavy atom. The molecule has 1 aliphatic rings. The maximum absolute atomic E-state index is 12.9. The second-order valence-electron chi connectivity index (χ2n) is 5.68. The maximum Gasteiger partial charge on any atom is 0.319 e. The van der Waals surface area contributed by atoms with Crippen LogP contribution in [0.4, 0.5) is 4.79 Å². The number of ketones is 1. The minimum Gasteiger partial charge on any atom is -0.327 e. The first-order valence-electron chi connectivity index (χ1n) is 7.51. The summed E-state index contributed by atoms with van der Waals surface area (Å²) in [4.78, 5) is 24.8. The van der Waals surface area contributed by atoms with Crippen molar-refractivity contribution in [2.24, 2.45) is 0 Å². The number of nitrogens with one attached hydrogen (secondary N) is 2. The van der Waals surface area contributed by atoms with Gasteiger partial charge in [0.15, 0.2) is 5.78 Å². The van der Waals surface area contributed by atoms with Gasteiger partial charge in [-0.25, -0.2) is 4.79 Å². The molecule has 0 saturated carbocycles. The van der Waals surface area contributed by atoms with E-state index >= 15 is 0 Å². The molecule has 2 N–H and O–H groups in total. The molecule has 3 rings (SSSR count). The number of carbonyl (C=O) groups is 2. The van der Waals surface area contributed by atoms with E-state index in [2.05, 4.69) is 10.6 Å². The molecule has 2 aromatic carbocycles. The summed E-state index contributed by atoms with van der Waals surface area (Å²) in [6.45, 7) is 3.75. The summed E-state index contributed by atoms with van der Waals surface area (Å²) >= 11 is 0. The van der Waals surface area contributed by atoms with E-state index in [0.29, 0.717) is 16.8 Å². The number of hydrogen-bond acceptors (Lipinski definition) is 2. The van der Waals surface area contributed by atoms with Gasteiger partial charge in [-0.2, -0.15) is 0 Å². The summed E-state index contributed by atoms with van der Waals surface area (Å²) in [5, 5.41) is 5.57. The van der Waals surface area contributed by atoms with E-state index in [0.717, 1.165) is 11.1 Å². The number of rotatable bonds is 3. The highest BCUT2D eigenvalue weighted by Gasteiger charge is 2.31. The molecule has 0 spiro atoms. The molecule has 23 heavy (non-hydrogen) atoms. The van der Waals surface area contributed by atoms with E-state index in [9.17, 15) is 9.59 Å². The number of allylic oxidation sites excluding steroid dienone is 1. The van der Waals surface area contributed by atoms with Crippen LogP contribution in [0.15, 0.2) is 65.9 Å². The molecule has 2 aromatic rings. The van der Waals surface area contributed by atoms with Crippen LogP contribution in [0.25, 0.3) is 0 Å². The number of amides is 2. The third-order valence-electron chi connectivity index (χ3n) is 3.93. The Bertz CT molecular complexity index is 794. The summed E-state index contributed by atoms with van der Waals surface area (Å²) in [5.41, 5.74) is 3.76. The third-order valence-corrected chi connectivity index (χ3v) is 3.93. The van der Waals surface area contributed by atoms with E-state index in [1.807, 2.05) is 49.4 Å². The molecule has 0 saturated heterocycles. The topological polar surface area (TPSA) is 58.2 Å². The molecule has 0 fully saturated rings. The molecule has 4 nitrogen and oxygen atoms in total. The lowest BCUT2D eigenvalue weighted by Crippen LogP contribution is -2.45. The van der Waals surface area contributed by atoms with Crippen molar-refractivity contribution < 1.29 is 9.59 Å². The van der Waals surface area contributed by atoms with Crippen LogP contribution < -0.4 is 10.6 Å². The molecule has 4 heteroatoms. The summed E-state index contributed by atoms with van der Waals surface area (Å²) < 4.78 is 0. The number of carbonyl (C=O) groups excluding carboxylic acids is 2. The Morgan fingerprint density at radius 1 is 1.00 bits per heavy atom. The van der Waals surface area contributed by atoms with Gasteiger partial charge >= 0.3 is 6.03 Å². The van der Waals surface area contributed by atoms with E-state index in [4.69, 9.17) is 0 Å². The first-order valence-corrected chi connectivity index (χ1v) is 7.51. The second-order valence-corrected chi connectivity index (χ2v) is 5.68. The monoisotopic (exact) mass is 306 g/mol. The van der Waals surface area contributed by atoms with Crippen molar-refractivity contribution in [2.75, 3.05) is 0 Å². The van der Waals surface area contributed by atoms with Gasteiger partial charge in [0.2, 0.25) is 0 Å². The van der Waals surface area contributed by atoms with Crippen LogP contribution in [0.3, 0.4) is 0 Å². The molecule has 0 aliphatic carbocycles. The van der Waals surface area contributed by atoms with Crippen molar-refractivity contribution >= 4 is 11.8 Å². The van der Waals surface area contributed by atoms with Gasteiger partial charge in [0.05, 0.1) is 6.04 Å². The molecule has 0 aromatic heterocycles. The van der Waals surface area contributed by atoms with E-state index in [-0.39, 0.29) is 11.8 Å². The number of urea groups is 1. The van der Waals surface area contributed by atoms with Gasteiger partial charge in [-0.3, -0.25) is 4.79 Å². The predicted octanol–water partition coefficient (Wildman–Crippen LogP) is 3.51. The summed E-state index contributed by atoms with van der Waals surface area (Å²) in [6, 6.07) is 16.2. The molecule has 0 radical (unpaired) electrons. The van der Waals surface area contributed by atoms with E-state index in [1.165, 1.54) is 0 Å². The molecule has 0 bridgehead atoms. The average molecular weight is 306 g/mol. The highest BCUT2D eigenvalue weighted by atomic mass is 16.2. The number of aryl methyl sites for hydroxylation is 1. The van der Waals surface area contributed by atoms with Gasteiger partial charge in [0.1, 0.15) is 0 Å². The Morgan fingerprint density at radius 2 is 1.74 bits per heavy atom. The van der Waals surface area contributed by atoms with Crippen molar-refractivity contribution in [1.29, 1.82) is 0 Å². The van der Waals surface area contributed by atoms with Crippen LogP contribution in [-0.2, 0) is 0 Å². The zero-order valence-electron chi connectivity index (χ0n) is 13.1. The number of Topliss-reactive ketones (excluding diaryl/α,β-unsaturated/α-hetero) is 1. The lowest BCUT2D eigenvalue weighted by molar-refractivity contribution is 0.102. The molecular weight excluding hydrogens is 288 g/mol. The standard InChI is InChI=1S/C19H18N2O2/c1-12-7-6-10-15(11-12)17-16(13(2)20-19(23)21-17)18(22)14-8-4-3-5-9-14/h3-11,17H,1-2H3,(H2,20,21,23). The number of benzene rings is 2. The van der Waals surface area contributed by atoms with Crippen molar-refractivity contribution in [1.82, 2.24) is 10.6 Å². The predicted molar refractivity (Wildman–Crippen MR) is 89.1 cm³/mol. The van der Waals surface area contributed by atoms with Gasteiger partial charge in [-0.1, -0.05) is 60.2 Å². The van der Waals surface area contributed by atoms with Gasteiger partial charge < -0.3 is 10.6 Å². The van der Waals surface area contributed by atoms with Crippen LogP contribution in [0.1, 0.15) is 34.5 Å². The minimum absolute atomic E-state index is 0.0814. The average Bonchev–Trinajstić information content (AvgIpc) is 2.54. The molecule has 1 atom stereocenters. The summed E-state index contributed by atoms with van der Waals surface area (Å²) in [5.74, 6) is -0.0814. The first kappa shape index (κ1) is 15.0. The zero-order valence-corrected chi connectivity index (χ0v) is 13.1.